The van der Waals surface area contributed by atoms with Gasteiger partial charge in [-0.25, -0.2) is 4.39 Å². The molecule has 2 rings (SSSR count). The molecule has 1 aromatic carbocycles. The molecule has 7 heteroatoms. The lowest BCUT2D eigenvalue weighted by Gasteiger charge is -2.10. The highest BCUT2D eigenvalue weighted by Crippen LogP contribution is 2.29. The summed E-state index contributed by atoms with van der Waals surface area (Å²) in [6, 6.07) is 3.86. The lowest BCUT2D eigenvalue weighted by atomic mass is 10.2. The first-order valence-electron chi connectivity index (χ1n) is 6.14. The van der Waals surface area contributed by atoms with Gasteiger partial charge < -0.3 is 15.0 Å². The third-order valence-electron chi connectivity index (χ3n) is 2.56. The smallest absolute Gasteiger partial charge is 0.259 e. The third-order valence-corrected chi connectivity index (χ3v) is 2.95. The molecule has 20 heavy (non-hydrogen) atoms. The molecule has 0 aliphatic rings. The van der Waals surface area contributed by atoms with Crippen molar-refractivity contribution in [1.29, 1.82) is 0 Å². The fourth-order valence-corrected chi connectivity index (χ4v) is 1.74. The van der Waals surface area contributed by atoms with Gasteiger partial charge in [-0.3, -0.25) is 0 Å². The van der Waals surface area contributed by atoms with E-state index in [1.807, 2.05) is 13.8 Å². The minimum absolute atomic E-state index is 0.0603. The standard InChI is InChI=1S/C13H15ClFN3O2/c1-7(2)19-6-10(16)12-17-13(20-18-12)8-4-3-5-9(15)11(8)14/h3-5,7,10H,6,16H2,1-2H3. The van der Waals surface area contributed by atoms with Crippen molar-refractivity contribution in [2.45, 2.75) is 26.0 Å². The molecule has 0 saturated carbocycles. The predicted octanol–water partition coefficient (Wildman–Crippen LogP) is 2.95. The van der Waals surface area contributed by atoms with Gasteiger partial charge in [0.1, 0.15) is 5.82 Å². The van der Waals surface area contributed by atoms with Crippen molar-refractivity contribution in [3.05, 3.63) is 34.9 Å². The first-order valence-corrected chi connectivity index (χ1v) is 6.52. The van der Waals surface area contributed by atoms with Gasteiger partial charge >= 0.3 is 0 Å². The summed E-state index contributed by atoms with van der Waals surface area (Å²) in [6.45, 7) is 4.08. The van der Waals surface area contributed by atoms with Crippen LogP contribution in [0.15, 0.2) is 22.7 Å². The second kappa shape index (κ2) is 6.30. The van der Waals surface area contributed by atoms with Crippen LogP contribution in [-0.4, -0.2) is 22.9 Å². The van der Waals surface area contributed by atoms with Gasteiger partial charge in [0.25, 0.3) is 5.89 Å². The summed E-state index contributed by atoms with van der Waals surface area (Å²) in [4.78, 5) is 4.13. The number of aromatic nitrogens is 2. The van der Waals surface area contributed by atoms with Gasteiger partial charge in [-0.05, 0) is 26.0 Å². The van der Waals surface area contributed by atoms with E-state index in [1.165, 1.54) is 12.1 Å². The maximum absolute atomic E-state index is 13.4. The number of hydrogen-bond acceptors (Lipinski definition) is 5. The summed E-state index contributed by atoms with van der Waals surface area (Å²) in [5.74, 6) is -0.123. The van der Waals surface area contributed by atoms with Crippen LogP contribution in [0.4, 0.5) is 4.39 Å². The average Bonchev–Trinajstić information content (AvgIpc) is 2.88. The van der Waals surface area contributed by atoms with E-state index in [0.717, 1.165) is 0 Å². The fourth-order valence-electron chi connectivity index (χ4n) is 1.53. The number of hydrogen-bond donors (Lipinski definition) is 1. The van der Waals surface area contributed by atoms with Gasteiger partial charge in [-0.15, -0.1) is 0 Å². The molecular weight excluding hydrogens is 285 g/mol. The summed E-state index contributed by atoms with van der Waals surface area (Å²) in [6.07, 6.45) is 0.0603. The van der Waals surface area contributed by atoms with E-state index in [1.54, 1.807) is 6.07 Å². The van der Waals surface area contributed by atoms with Crippen molar-refractivity contribution >= 4 is 11.6 Å². The number of halogens is 2. The van der Waals surface area contributed by atoms with Crippen LogP contribution in [0, 0.1) is 5.82 Å². The fraction of sp³-hybridized carbons (Fsp3) is 0.385. The van der Waals surface area contributed by atoms with Crippen LogP contribution in [0.5, 0.6) is 0 Å². The molecule has 2 N–H and O–H groups in total. The molecule has 0 amide bonds. The largest absolute Gasteiger partial charge is 0.377 e. The van der Waals surface area contributed by atoms with E-state index in [0.29, 0.717) is 11.4 Å². The Labute approximate surface area is 120 Å². The molecule has 0 aliphatic heterocycles. The highest BCUT2D eigenvalue weighted by Gasteiger charge is 2.18. The molecule has 108 valence electrons. The summed E-state index contributed by atoms with van der Waals surface area (Å²) in [7, 11) is 0. The van der Waals surface area contributed by atoms with Crippen LogP contribution >= 0.6 is 11.6 Å². The molecule has 5 nitrogen and oxygen atoms in total. The summed E-state index contributed by atoms with van der Waals surface area (Å²) >= 11 is 5.86. The Kier molecular flexibility index (Phi) is 4.69. The van der Waals surface area contributed by atoms with Crippen molar-refractivity contribution in [2.75, 3.05) is 6.61 Å². The normalized spacial score (nSPS) is 12.9. The lowest BCUT2D eigenvalue weighted by Crippen LogP contribution is -2.20. The molecule has 0 aliphatic carbocycles. The number of rotatable bonds is 5. The maximum atomic E-state index is 13.4. The number of nitrogens with zero attached hydrogens (tertiary/aromatic N) is 2. The van der Waals surface area contributed by atoms with Gasteiger partial charge in [0.05, 0.1) is 29.3 Å². The van der Waals surface area contributed by atoms with E-state index in [2.05, 4.69) is 10.1 Å². The van der Waals surface area contributed by atoms with E-state index >= 15 is 0 Å². The van der Waals surface area contributed by atoms with Crippen LogP contribution in [0.25, 0.3) is 11.5 Å². The zero-order valence-electron chi connectivity index (χ0n) is 11.1. The van der Waals surface area contributed by atoms with Crippen LogP contribution < -0.4 is 5.73 Å². The second-order valence-corrected chi connectivity index (χ2v) is 4.93. The summed E-state index contributed by atoms with van der Waals surface area (Å²) in [5.41, 5.74) is 6.22. The Hall–Kier alpha value is -1.50. The van der Waals surface area contributed by atoms with Gasteiger partial charge in [-0.1, -0.05) is 22.8 Å². The minimum Gasteiger partial charge on any atom is -0.377 e. The van der Waals surface area contributed by atoms with Crippen molar-refractivity contribution in [2.24, 2.45) is 5.73 Å². The molecule has 0 bridgehead atoms. The Morgan fingerprint density at radius 2 is 2.20 bits per heavy atom. The lowest BCUT2D eigenvalue weighted by molar-refractivity contribution is 0.0665. The molecule has 1 aromatic heterocycles. The number of benzene rings is 1. The van der Waals surface area contributed by atoms with Crippen LogP contribution in [0.2, 0.25) is 5.02 Å². The third kappa shape index (κ3) is 3.33. The van der Waals surface area contributed by atoms with Crippen molar-refractivity contribution < 1.29 is 13.7 Å². The minimum atomic E-state index is -0.545. The van der Waals surface area contributed by atoms with Crippen LogP contribution in [-0.2, 0) is 4.74 Å². The number of ether oxygens (including phenoxy) is 1. The quantitative estimate of drug-likeness (QED) is 0.918. The van der Waals surface area contributed by atoms with Gasteiger partial charge in [-0.2, -0.15) is 4.98 Å². The molecule has 0 saturated heterocycles. The van der Waals surface area contributed by atoms with E-state index in [9.17, 15) is 4.39 Å². The van der Waals surface area contributed by atoms with Gasteiger partial charge in [0, 0.05) is 0 Å². The molecule has 0 fully saturated rings. The highest BCUT2D eigenvalue weighted by molar-refractivity contribution is 6.33. The molecule has 1 heterocycles. The van der Waals surface area contributed by atoms with Crippen molar-refractivity contribution in [3.8, 4) is 11.5 Å². The summed E-state index contributed by atoms with van der Waals surface area (Å²) in [5, 5.41) is 3.71. The van der Waals surface area contributed by atoms with Gasteiger partial charge in [0.2, 0.25) is 0 Å². The van der Waals surface area contributed by atoms with Crippen molar-refractivity contribution in [3.63, 3.8) is 0 Å². The number of nitrogens with two attached hydrogens (primary N) is 1. The molecule has 2 aromatic rings. The SMILES string of the molecule is CC(C)OCC(N)c1noc(-c2cccc(F)c2Cl)n1. The molecule has 1 atom stereocenters. The second-order valence-electron chi connectivity index (χ2n) is 4.55. The van der Waals surface area contributed by atoms with E-state index in [-0.39, 0.29) is 23.6 Å². The van der Waals surface area contributed by atoms with Crippen LogP contribution in [0.3, 0.4) is 0 Å². The Morgan fingerprint density at radius 1 is 1.45 bits per heavy atom. The zero-order valence-corrected chi connectivity index (χ0v) is 11.9. The average molecular weight is 300 g/mol. The Bertz CT molecular complexity index is 589. The topological polar surface area (TPSA) is 74.2 Å². The van der Waals surface area contributed by atoms with Crippen LogP contribution in [0.1, 0.15) is 25.7 Å². The molecule has 1 unspecified atom stereocenters. The highest BCUT2D eigenvalue weighted by atomic mass is 35.5. The zero-order chi connectivity index (χ0) is 14.7. The maximum Gasteiger partial charge on any atom is 0.259 e. The molecular formula is C13H15ClFN3O2. The van der Waals surface area contributed by atoms with E-state index < -0.39 is 11.9 Å². The molecule has 0 spiro atoms. The first kappa shape index (κ1) is 14.9. The monoisotopic (exact) mass is 299 g/mol. The first-order chi connectivity index (χ1) is 9.49. The van der Waals surface area contributed by atoms with Crippen molar-refractivity contribution in [1.82, 2.24) is 10.1 Å². The molecule has 0 radical (unpaired) electrons. The Balaban J connectivity index is 2.18. The Morgan fingerprint density at radius 3 is 2.90 bits per heavy atom. The van der Waals surface area contributed by atoms with E-state index in [4.69, 9.17) is 26.6 Å². The predicted molar refractivity (Wildman–Crippen MR) is 72.7 cm³/mol. The van der Waals surface area contributed by atoms with Gasteiger partial charge in [0.15, 0.2) is 5.82 Å². The summed E-state index contributed by atoms with van der Waals surface area (Å²) < 4.78 is 23.8.